The number of hydrogen-bond acceptors (Lipinski definition) is 5. The van der Waals surface area contributed by atoms with Crippen LogP contribution in [0.4, 0.5) is 16.0 Å². The van der Waals surface area contributed by atoms with E-state index in [2.05, 4.69) is 27.4 Å². The number of benzene rings is 3. The highest BCUT2D eigenvalue weighted by atomic mass is 35.5. The normalized spacial score (nSPS) is 12.2. The van der Waals surface area contributed by atoms with Crippen LogP contribution < -0.4 is 5.32 Å². The molecule has 0 spiro atoms. The molecule has 0 amide bonds. The molecule has 0 aliphatic carbocycles. The second-order valence-electron chi connectivity index (χ2n) is 8.76. The number of hydrogen-bond donors (Lipinski definition) is 1. The smallest absolute Gasteiger partial charge is 0.227 e. The van der Waals surface area contributed by atoms with Gasteiger partial charge in [-0.2, -0.15) is 0 Å². The number of nitrogens with zero attached hydrogens (tertiary/aromatic N) is 4. The summed E-state index contributed by atoms with van der Waals surface area (Å²) in [5.41, 5.74) is 7.43. The minimum absolute atomic E-state index is 0.329. The predicted octanol–water partition coefficient (Wildman–Crippen LogP) is 7.02. The van der Waals surface area contributed by atoms with Crippen molar-refractivity contribution in [2.45, 2.75) is 13.0 Å². The van der Waals surface area contributed by atoms with Gasteiger partial charge in [0, 0.05) is 51.6 Å². The second-order valence-corrected chi connectivity index (χ2v) is 9.19. The van der Waals surface area contributed by atoms with Gasteiger partial charge in [-0.3, -0.25) is 9.98 Å². The molecular formula is C30H21ClFN5. The lowest BCUT2D eigenvalue weighted by Crippen LogP contribution is -2.07. The van der Waals surface area contributed by atoms with E-state index in [1.807, 2.05) is 42.5 Å². The average Bonchev–Trinajstić information content (AvgIpc) is 3.07. The van der Waals surface area contributed by atoms with Crippen LogP contribution in [-0.2, 0) is 13.0 Å². The van der Waals surface area contributed by atoms with E-state index < -0.39 is 0 Å². The third kappa shape index (κ3) is 4.84. The molecule has 3 heterocycles. The van der Waals surface area contributed by atoms with Crippen molar-refractivity contribution < 1.29 is 4.39 Å². The highest BCUT2D eigenvalue weighted by Gasteiger charge is 2.23. The molecule has 0 atom stereocenters. The standard InChI is InChI=1S/C30H21ClFN5/c31-22-7-10-24-26(16-22)29(25-3-1-2-4-27(25)32)34-17-21-18-35-30(37-28(21)24)36-23-8-5-19(6-9-23)15-20-11-13-33-14-12-20/h1-14,16,18H,15,17H2,(H,35,36,37). The van der Waals surface area contributed by atoms with Crippen molar-refractivity contribution in [1.29, 1.82) is 0 Å². The highest BCUT2D eigenvalue weighted by Crippen LogP contribution is 2.34. The Morgan fingerprint density at radius 3 is 2.43 bits per heavy atom. The highest BCUT2D eigenvalue weighted by molar-refractivity contribution is 6.31. The summed E-state index contributed by atoms with van der Waals surface area (Å²) in [4.78, 5) is 18.2. The summed E-state index contributed by atoms with van der Waals surface area (Å²) in [6.07, 6.45) is 6.21. The zero-order valence-electron chi connectivity index (χ0n) is 19.7. The van der Waals surface area contributed by atoms with Crippen LogP contribution in [-0.4, -0.2) is 20.7 Å². The number of aromatic nitrogens is 3. The monoisotopic (exact) mass is 505 g/mol. The van der Waals surface area contributed by atoms with Gasteiger partial charge >= 0.3 is 0 Å². The van der Waals surface area contributed by atoms with Crippen molar-refractivity contribution in [3.05, 3.63) is 136 Å². The molecule has 0 fully saturated rings. The first-order chi connectivity index (χ1) is 18.1. The third-order valence-corrected chi connectivity index (χ3v) is 6.50. The number of fused-ring (bicyclic) bond motifs is 3. The van der Waals surface area contributed by atoms with Crippen LogP contribution in [0.5, 0.6) is 0 Å². The van der Waals surface area contributed by atoms with Gasteiger partial charge in [0.25, 0.3) is 0 Å². The fraction of sp³-hybridized carbons (Fsp3) is 0.0667. The lowest BCUT2D eigenvalue weighted by Gasteiger charge is -2.13. The molecule has 37 heavy (non-hydrogen) atoms. The first-order valence-corrected chi connectivity index (χ1v) is 12.2. The summed E-state index contributed by atoms with van der Waals surface area (Å²) in [7, 11) is 0. The quantitative estimate of drug-likeness (QED) is 0.279. The van der Waals surface area contributed by atoms with E-state index in [-0.39, 0.29) is 5.82 Å². The average molecular weight is 506 g/mol. The molecule has 1 N–H and O–H groups in total. The van der Waals surface area contributed by atoms with Gasteiger partial charge < -0.3 is 5.32 Å². The molecule has 7 heteroatoms. The number of nitrogens with one attached hydrogen (secondary N) is 1. The van der Waals surface area contributed by atoms with Gasteiger partial charge in [0.15, 0.2) is 0 Å². The molecular weight excluding hydrogens is 485 g/mol. The first-order valence-electron chi connectivity index (χ1n) is 11.8. The molecule has 1 aliphatic rings. The number of aliphatic imine (C=N–C) groups is 1. The number of anilines is 2. The van der Waals surface area contributed by atoms with Gasteiger partial charge in [-0.25, -0.2) is 14.4 Å². The topological polar surface area (TPSA) is 63.1 Å². The first kappa shape index (κ1) is 23.0. The molecule has 3 aromatic carbocycles. The Morgan fingerprint density at radius 1 is 0.838 bits per heavy atom. The zero-order valence-corrected chi connectivity index (χ0v) is 20.5. The van der Waals surface area contributed by atoms with E-state index in [4.69, 9.17) is 21.6 Å². The largest absolute Gasteiger partial charge is 0.324 e. The van der Waals surface area contributed by atoms with E-state index in [0.717, 1.165) is 34.5 Å². The molecule has 5 nitrogen and oxygen atoms in total. The number of pyridine rings is 1. The maximum absolute atomic E-state index is 14.7. The third-order valence-electron chi connectivity index (χ3n) is 6.26. The van der Waals surface area contributed by atoms with Gasteiger partial charge in [0.2, 0.25) is 5.95 Å². The Bertz CT molecular complexity index is 1620. The Hall–Kier alpha value is -4.42. The molecule has 2 aromatic heterocycles. The second kappa shape index (κ2) is 9.91. The predicted molar refractivity (Wildman–Crippen MR) is 145 cm³/mol. The molecule has 0 saturated carbocycles. The van der Waals surface area contributed by atoms with E-state index in [1.165, 1.54) is 17.2 Å². The van der Waals surface area contributed by atoms with Gasteiger partial charge in [0.1, 0.15) is 5.82 Å². The van der Waals surface area contributed by atoms with Crippen molar-refractivity contribution in [2.24, 2.45) is 4.99 Å². The number of halogens is 2. The van der Waals surface area contributed by atoms with Crippen LogP contribution in [0.2, 0.25) is 5.02 Å². The molecule has 5 aromatic rings. The lowest BCUT2D eigenvalue weighted by molar-refractivity contribution is 0.625. The molecule has 180 valence electrons. The maximum atomic E-state index is 14.7. The molecule has 0 bridgehead atoms. The van der Waals surface area contributed by atoms with Crippen LogP contribution in [0.25, 0.3) is 11.3 Å². The van der Waals surface area contributed by atoms with Crippen LogP contribution in [0, 0.1) is 5.82 Å². The van der Waals surface area contributed by atoms with Crippen LogP contribution in [0.3, 0.4) is 0 Å². The summed E-state index contributed by atoms with van der Waals surface area (Å²) < 4.78 is 14.7. The Morgan fingerprint density at radius 2 is 1.62 bits per heavy atom. The van der Waals surface area contributed by atoms with Crippen LogP contribution in [0.15, 0.2) is 102 Å². The van der Waals surface area contributed by atoms with E-state index >= 15 is 0 Å². The molecule has 0 unspecified atom stereocenters. The Balaban J connectivity index is 1.31. The molecule has 1 aliphatic heterocycles. The Kier molecular flexibility index (Phi) is 6.16. The van der Waals surface area contributed by atoms with Crippen molar-refractivity contribution in [1.82, 2.24) is 15.0 Å². The lowest BCUT2D eigenvalue weighted by atomic mass is 9.95. The van der Waals surface area contributed by atoms with Crippen molar-refractivity contribution in [3.8, 4) is 11.3 Å². The summed E-state index contributed by atoms with van der Waals surface area (Å²) in [5, 5.41) is 3.85. The minimum Gasteiger partial charge on any atom is -0.324 e. The summed E-state index contributed by atoms with van der Waals surface area (Å²) in [5.74, 6) is 0.134. The SMILES string of the molecule is Fc1ccccc1C1=NCc2cnc(Nc3ccc(Cc4ccncc4)cc3)nc2-c2ccc(Cl)cc21. The fourth-order valence-electron chi connectivity index (χ4n) is 4.44. The van der Waals surface area contributed by atoms with Crippen LogP contribution >= 0.6 is 11.6 Å². The fourth-order valence-corrected chi connectivity index (χ4v) is 4.61. The molecule has 0 radical (unpaired) electrons. The zero-order chi connectivity index (χ0) is 25.2. The van der Waals surface area contributed by atoms with Crippen molar-refractivity contribution in [3.63, 3.8) is 0 Å². The van der Waals surface area contributed by atoms with Gasteiger partial charge in [0.05, 0.1) is 18.0 Å². The summed E-state index contributed by atoms with van der Waals surface area (Å²) in [6, 6.07) is 24.4. The van der Waals surface area contributed by atoms with Gasteiger partial charge in [-0.1, -0.05) is 41.9 Å². The minimum atomic E-state index is -0.334. The van der Waals surface area contributed by atoms with E-state index in [9.17, 15) is 4.39 Å². The molecule has 0 saturated heterocycles. The van der Waals surface area contributed by atoms with Gasteiger partial charge in [-0.05, 0) is 66.1 Å². The van der Waals surface area contributed by atoms with E-state index in [0.29, 0.717) is 28.8 Å². The van der Waals surface area contributed by atoms with Gasteiger partial charge in [-0.15, -0.1) is 0 Å². The maximum Gasteiger partial charge on any atom is 0.227 e. The van der Waals surface area contributed by atoms with Crippen molar-refractivity contribution >= 4 is 28.9 Å². The van der Waals surface area contributed by atoms with Crippen molar-refractivity contribution in [2.75, 3.05) is 5.32 Å². The summed E-state index contributed by atoms with van der Waals surface area (Å²) >= 11 is 6.36. The molecule has 6 rings (SSSR count). The van der Waals surface area contributed by atoms with Crippen LogP contribution in [0.1, 0.15) is 27.8 Å². The number of rotatable bonds is 5. The summed E-state index contributed by atoms with van der Waals surface area (Å²) in [6.45, 7) is 0.329. The Labute approximate surface area is 218 Å². The van der Waals surface area contributed by atoms with E-state index in [1.54, 1.807) is 36.8 Å².